The Kier molecular flexibility index (Phi) is 3.19. The van der Waals surface area contributed by atoms with E-state index < -0.39 is 5.97 Å². The van der Waals surface area contributed by atoms with Gasteiger partial charge in [0, 0.05) is 5.56 Å². The third-order valence-corrected chi connectivity index (χ3v) is 3.07. The molecule has 0 amide bonds. The normalized spacial score (nSPS) is 10.5. The van der Waals surface area contributed by atoms with Crippen molar-refractivity contribution in [3.8, 4) is 17.1 Å². The molecule has 1 N–H and O–H groups in total. The van der Waals surface area contributed by atoms with E-state index in [1.54, 1.807) is 12.1 Å². The van der Waals surface area contributed by atoms with E-state index in [1.807, 2.05) is 31.2 Å². The number of carboxylic acid groups (broad SMARTS) is 1. The van der Waals surface area contributed by atoms with Crippen molar-refractivity contribution in [3.05, 3.63) is 59.7 Å². The summed E-state index contributed by atoms with van der Waals surface area (Å²) in [5.74, 6) is -0.439. The highest BCUT2D eigenvalue weighted by molar-refractivity contribution is 5.87. The summed E-state index contributed by atoms with van der Waals surface area (Å²) in [6, 6.07) is 14.1. The largest absolute Gasteiger partial charge is 0.478 e. The first-order valence-electron chi connectivity index (χ1n) is 6.34. The van der Waals surface area contributed by atoms with Crippen molar-refractivity contribution in [2.24, 2.45) is 0 Å². The summed E-state index contributed by atoms with van der Waals surface area (Å²) in [6.45, 7) is 2.01. The van der Waals surface area contributed by atoms with Crippen LogP contribution in [0.5, 0.6) is 0 Å². The number of aryl methyl sites for hydroxylation is 1. The molecule has 0 aliphatic rings. The Morgan fingerprint density at radius 1 is 1.05 bits per heavy atom. The van der Waals surface area contributed by atoms with E-state index >= 15 is 0 Å². The number of hydrogen-bond acceptors (Lipinski definition) is 4. The Morgan fingerprint density at radius 3 is 2.33 bits per heavy atom. The molecule has 1 aromatic heterocycles. The minimum Gasteiger partial charge on any atom is -0.478 e. The van der Waals surface area contributed by atoms with Gasteiger partial charge in [-0.2, -0.15) is 0 Å². The lowest BCUT2D eigenvalue weighted by Gasteiger charge is -1.99. The van der Waals surface area contributed by atoms with Crippen molar-refractivity contribution in [3.63, 3.8) is 0 Å². The molecule has 0 bridgehead atoms. The Bertz CT molecular complexity index is 776. The molecule has 3 aromatic rings. The van der Waals surface area contributed by atoms with Gasteiger partial charge in [0.15, 0.2) is 0 Å². The molecule has 6 heteroatoms. The van der Waals surface area contributed by atoms with Crippen molar-refractivity contribution in [2.45, 2.75) is 6.92 Å². The number of nitrogens with zero attached hydrogens (tertiary/aromatic N) is 4. The molecule has 0 saturated heterocycles. The second kappa shape index (κ2) is 5.16. The lowest BCUT2D eigenvalue weighted by atomic mass is 10.1. The molecule has 1 heterocycles. The highest BCUT2D eigenvalue weighted by atomic mass is 16.4. The fourth-order valence-corrected chi connectivity index (χ4v) is 1.88. The standard InChI is InChI=1S/C15H12N4O2/c1-10-2-4-11(5-3-10)14-16-18-19(17-14)13-8-6-12(7-9-13)15(20)21/h2-9H,1H3,(H,20,21). The number of hydrogen-bond donors (Lipinski definition) is 1. The molecule has 2 aromatic carbocycles. The van der Waals surface area contributed by atoms with Crippen LogP contribution in [-0.2, 0) is 0 Å². The van der Waals surface area contributed by atoms with Crippen LogP contribution in [0.2, 0.25) is 0 Å². The number of benzene rings is 2. The monoisotopic (exact) mass is 280 g/mol. The van der Waals surface area contributed by atoms with Crippen LogP contribution >= 0.6 is 0 Å². The Hall–Kier alpha value is -3.02. The van der Waals surface area contributed by atoms with E-state index in [2.05, 4.69) is 15.4 Å². The zero-order valence-corrected chi connectivity index (χ0v) is 11.3. The van der Waals surface area contributed by atoms with Crippen LogP contribution in [0.3, 0.4) is 0 Å². The first-order valence-corrected chi connectivity index (χ1v) is 6.34. The van der Waals surface area contributed by atoms with Gasteiger partial charge in [-0.1, -0.05) is 29.8 Å². The highest BCUT2D eigenvalue weighted by Crippen LogP contribution is 2.15. The summed E-state index contributed by atoms with van der Waals surface area (Å²) in [7, 11) is 0. The molecule has 6 nitrogen and oxygen atoms in total. The quantitative estimate of drug-likeness (QED) is 0.796. The maximum Gasteiger partial charge on any atom is 0.335 e. The lowest BCUT2D eigenvalue weighted by molar-refractivity contribution is 0.0697. The number of aromatic carboxylic acids is 1. The van der Waals surface area contributed by atoms with E-state index in [4.69, 9.17) is 5.11 Å². The number of carbonyl (C=O) groups is 1. The molecular weight excluding hydrogens is 268 g/mol. The second-order valence-electron chi connectivity index (χ2n) is 4.62. The molecule has 104 valence electrons. The smallest absolute Gasteiger partial charge is 0.335 e. The first kappa shape index (κ1) is 13.0. The predicted octanol–water partition coefficient (Wildman–Crippen LogP) is 2.34. The lowest BCUT2D eigenvalue weighted by Crippen LogP contribution is -2.01. The maximum absolute atomic E-state index is 10.8. The molecule has 0 radical (unpaired) electrons. The molecule has 0 atom stereocenters. The van der Waals surface area contributed by atoms with Crippen molar-refractivity contribution in [2.75, 3.05) is 0 Å². The van der Waals surface area contributed by atoms with Gasteiger partial charge in [0.1, 0.15) is 0 Å². The van der Waals surface area contributed by atoms with Crippen molar-refractivity contribution in [1.29, 1.82) is 0 Å². The average molecular weight is 280 g/mol. The summed E-state index contributed by atoms with van der Waals surface area (Å²) in [5.41, 5.74) is 2.92. The van der Waals surface area contributed by atoms with Crippen LogP contribution in [0, 0.1) is 6.92 Å². The summed E-state index contributed by atoms with van der Waals surface area (Å²) >= 11 is 0. The fourth-order valence-electron chi connectivity index (χ4n) is 1.88. The third-order valence-electron chi connectivity index (χ3n) is 3.07. The van der Waals surface area contributed by atoms with Gasteiger partial charge < -0.3 is 5.11 Å². The average Bonchev–Trinajstić information content (AvgIpc) is 2.98. The van der Waals surface area contributed by atoms with Gasteiger partial charge in [-0.05, 0) is 36.4 Å². The minimum atomic E-state index is -0.964. The number of aromatic nitrogens is 4. The van der Waals surface area contributed by atoms with E-state index in [9.17, 15) is 4.79 Å². The molecule has 0 unspecified atom stereocenters. The van der Waals surface area contributed by atoms with Crippen molar-refractivity contribution < 1.29 is 9.90 Å². The molecule has 0 saturated carbocycles. The van der Waals surface area contributed by atoms with Gasteiger partial charge in [0.25, 0.3) is 0 Å². The van der Waals surface area contributed by atoms with Gasteiger partial charge in [-0.3, -0.25) is 0 Å². The summed E-state index contributed by atoms with van der Waals surface area (Å²) in [6.07, 6.45) is 0. The highest BCUT2D eigenvalue weighted by Gasteiger charge is 2.08. The number of rotatable bonds is 3. The fraction of sp³-hybridized carbons (Fsp3) is 0.0667. The van der Waals surface area contributed by atoms with Crippen LogP contribution in [-0.4, -0.2) is 31.3 Å². The molecule has 3 rings (SSSR count). The Morgan fingerprint density at radius 2 is 1.71 bits per heavy atom. The van der Waals surface area contributed by atoms with Crippen LogP contribution < -0.4 is 0 Å². The molecule has 0 aliphatic heterocycles. The molecule has 21 heavy (non-hydrogen) atoms. The topological polar surface area (TPSA) is 80.9 Å². The van der Waals surface area contributed by atoms with Crippen LogP contribution in [0.25, 0.3) is 17.1 Å². The maximum atomic E-state index is 10.8. The van der Waals surface area contributed by atoms with Crippen LogP contribution in [0.15, 0.2) is 48.5 Å². The van der Waals surface area contributed by atoms with Crippen molar-refractivity contribution >= 4 is 5.97 Å². The van der Waals surface area contributed by atoms with E-state index in [0.29, 0.717) is 11.5 Å². The van der Waals surface area contributed by atoms with Gasteiger partial charge in [-0.15, -0.1) is 15.0 Å². The Balaban J connectivity index is 1.90. The van der Waals surface area contributed by atoms with Gasteiger partial charge in [-0.25, -0.2) is 4.79 Å². The van der Waals surface area contributed by atoms with Gasteiger partial charge in [0.05, 0.1) is 11.3 Å². The zero-order valence-electron chi connectivity index (χ0n) is 11.3. The minimum absolute atomic E-state index is 0.220. The summed E-state index contributed by atoms with van der Waals surface area (Å²) in [4.78, 5) is 12.2. The van der Waals surface area contributed by atoms with Crippen LogP contribution in [0.1, 0.15) is 15.9 Å². The van der Waals surface area contributed by atoms with Crippen LogP contribution in [0.4, 0.5) is 0 Å². The van der Waals surface area contributed by atoms with E-state index in [0.717, 1.165) is 11.1 Å². The van der Waals surface area contributed by atoms with Gasteiger partial charge >= 0.3 is 5.97 Å². The van der Waals surface area contributed by atoms with Gasteiger partial charge in [0.2, 0.25) is 5.82 Å². The molecule has 0 spiro atoms. The van der Waals surface area contributed by atoms with Crippen molar-refractivity contribution in [1.82, 2.24) is 20.2 Å². The molecular formula is C15H12N4O2. The molecule has 0 fully saturated rings. The number of tetrazole rings is 1. The number of carboxylic acids is 1. The van der Waals surface area contributed by atoms with E-state index in [-0.39, 0.29) is 5.56 Å². The second-order valence-corrected chi connectivity index (χ2v) is 4.62. The summed E-state index contributed by atoms with van der Waals surface area (Å²) < 4.78 is 0. The predicted molar refractivity (Wildman–Crippen MR) is 76.3 cm³/mol. The Labute approximate surface area is 120 Å². The SMILES string of the molecule is Cc1ccc(-c2nnn(-c3ccc(C(=O)O)cc3)n2)cc1. The zero-order chi connectivity index (χ0) is 14.8. The van der Waals surface area contributed by atoms with E-state index in [1.165, 1.54) is 16.9 Å². The third kappa shape index (κ3) is 2.64. The summed E-state index contributed by atoms with van der Waals surface area (Å²) in [5, 5.41) is 21.2. The molecule has 0 aliphatic carbocycles. The first-order chi connectivity index (χ1) is 10.1.